The molecule has 5 nitrogen and oxygen atoms in total. The van der Waals surface area contributed by atoms with Crippen LogP contribution >= 0.6 is 0 Å². The maximum absolute atomic E-state index is 11.9. The molecule has 0 aromatic heterocycles. The summed E-state index contributed by atoms with van der Waals surface area (Å²) >= 11 is 0. The van der Waals surface area contributed by atoms with E-state index in [-0.39, 0.29) is 12.5 Å². The number of carbonyl (C=O) groups is 2. The second kappa shape index (κ2) is 7.09. The Balaban J connectivity index is 1.95. The van der Waals surface area contributed by atoms with Crippen LogP contribution in [0.5, 0.6) is 0 Å². The van der Waals surface area contributed by atoms with E-state index < -0.39 is 12.0 Å². The highest BCUT2D eigenvalue weighted by Gasteiger charge is 2.21. The summed E-state index contributed by atoms with van der Waals surface area (Å²) in [7, 11) is 0. The number of hydrogen-bond donors (Lipinski definition) is 3. The summed E-state index contributed by atoms with van der Waals surface area (Å²) in [5.41, 5.74) is 1.34. The van der Waals surface area contributed by atoms with Crippen LogP contribution in [-0.4, -0.2) is 23.5 Å². The van der Waals surface area contributed by atoms with E-state index in [2.05, 4.69) is 10.6 Å². The molecular formula is C16H16N2O3. The van der Waals surface area contributed by atoms with Crippen LogP contribution in [0.15, 0.2) is 60.7 Å². The van der Waals surface area contributed by atoms with Crippen molar-refractivity contribution < 1.29 is 14.7 Å². The highest BCUT2D eigenvalue weighted by molar-refractivity contribution is 5.86. The highest BCUT2D eigenvalue weighted by atomic mass is 16.4. The van der Waals surface area contributed by atoms with Crippen molar-refractivity contribution in [3.05, 3.63) is 66.2 Å². The molecule has 108 valence electrons. The molecule has 2 aromatic carbocycles. The zero-order valence-electron chi connectivity index (χ0n) is 11.3. The zero-order chi connectivity index (χ0) is 15.1. The van der Waals surface area contributed by atoms with E-state index in [9.17, 15) is 14.7 Å². The molecule has 0 aliphatic rings. The van der Waals surface area contributed by atoms with Gasteiger partial charge in [-0.15, -0.1) is 0 Å². The average molecular weight is 284 g/mol. The lowest BCUT2D eigenvalue weighted by atomic mass is 10.1. The van der Waals surface area contributed by atoms with Crippen molar-refractivity contribution in [2.75, 3.05) is 11.9 Å². The van der Waals surface area contributed by atoms with Crippen LogP contribution in [0, 0.1) is 0 Å². The molecule has 5 heteroatoms. The number of anilines is 1. The molecule has 0 bridgehead atoms. The molecule has 1 amide bonds. The van der Waals surface area contributed by atoms with Crippen molar-refractivity contribution in [2.45, 2.75) is 6.04 Å². The lowest BCUT2D eigenvalue weighted by Gasteiger charge is -2.15. The first-order valence-electron chi connectivity index (χ1n) is 6.53. The maximum atomic E-state index is 11.9. The number of carbonyl (C=O) groups excluding carboxylic acids is 1. The Morgan fingerprint density at radius 3 is 2.10 bits per heavy atom. The first kappa shape index (κ1) is 14.6. The smallest absolute Gasteiger partial charge is 0.330 e. The summed E-state index contributed by atoms with van der Waals surface area (Å²) in [6.07, 6.45) is 0. The van der Waals surface area contributed by atoms with Crippen LogP contribution in [0.2, 0.25) is 0 Å². The SMILES string of the molecule is O=C(CNc1ccccc1)N[C@@H](C(=O)O)c1ccccc1. The third-order valence-electron chi connectivity index (χ3n) is 2.91. The topological polar surface area (TPSA) is 78.4 Å². The predicted octanol–water partition coefficient (Wildman–Crippen LogP) is 2.04. The number of aliphatic carboxylic acids is 1. The van der Waals surface area contributed by atoms with E-state index >= 15 is 0 Å². The van der Waals surface area contributed by atoms with E-state index in [1.807, 2.05) is 30.3 Å². The molecule has 0 spiro atoms. The Labute approximate surface area is 122 Å². The van der Waals surface area contributed by atoms with Crippen molar-refractivity contribution in [3.8, 4) is 0 Å². The monoisotopic (exact) mass is 284 g/mol. The van der Waals surface area contributed by atoms with Crippen LogP contribution in [0.25, 0.3) is 0 Å². The molecule has 0 radical (unpaired) electrons. The zero-order valence-corrected chi connectivity index (χ0v) is 11.3. The predicted molar refractivity (Wildman–Crippen MR) is 79.9 cm³/mol. The van der Waals surface area contributed by atoms with Gasteiger partial charge in [0.05, 0.1) is 6.54 Å². The van der Waals surface area contributed by atoms with Gasteiger partial charge in [0, 0.05) is 5.69 Å². The van der Waals surface area contributed by atoms with Crippen molar-refractivity contribution in [1.29, 1.82) is 0 Å². The van der Waals surface area contributed by atoms with Crippen molar-refractivity contribution in [2.24, 2.45) is 0 Å². The molecule has 0 aliphatic heterocycles. The van der Waals surface area contributed by atoms with Gasteiger partial charge >= 0.3 is 5.97 Å². The standard InChI is InChI=1S/C16H16N2O3/c19-14(11-17-13-9-5-2-6-10-13)18-15(16(20)21)12-7-3-1-4-8-12/h1-10,15,17H,11H2,(H,18,19)(H,20,21)/t15-/m1/s1. The molecule has 0 saturated carbocycles. The van der Waals surface area contributed by atoms with Gasteiger partial charge in [-0.2, -0.15) is 0 Å². The van der Waals surface area contributed by atoms with E-state index in [1.54, 1.807) is 30.3 Å². The van der Waals surface area contributed by atoms with Gasteiger partial charge in [-0.1, -0.05) is 48.5 Å². The molecule has 3 N–H and O–H groups in total. The Kier molecular flexibility index (Phi) is 4.93. The largest absolute Gasteiger partial charge is 0.479 e. The molecule has 0 heterocycles. The van der Waals surface area contributed by atoms with Gasteiger partial charge < -0.3 is 15.7 Å². The van der Waals surface area contributed by atoms with Gasteiger partial charge in [0.2, 0.25) is 5.91 Å². The minimum absolute atomic E-state index is 0.0145. The molecule has 2 aromatic rings. The lowest BCUT2D eigenvalue weighted by Crippen LogP contribution is -2.37. The molecular weight excluding hydrogens is 268 g/mol. The fourth-order valence-corrected chi connectivity index (χ4v) is 1.88. The number of rotatable bonds is 6. The number of amides is 1. The fraction of sp³-hybridized carbons (Fsp3) is 0.125. The van der Waals surface area contributed by atoms with Crippen LogP contribution in [-0.2, 0) is 9.59 Å². The van der Waals surface area contributed by atoms with E-state index in [4.69, 9.17) is 0 Å². The van der Waals surface area contributed by atoms with Gasteiger partial charge in [-0.3, -0.25) is 4.79 Å². The van der Waals surface area contributed by atoms with Crippen molar-refractivity contribution >= 4 is 17.6 Å². The first-order chi connectivity index (χ1) is 10.2. The van der Waals surface area contributed by atoms with E-state index in [0.29, 0.717) is 5.56 Å². The lowest BCUT2D eigenvalue weighted by molar-refractivity contribution is -0.141. The number of carboxylic acids is 1. The Hall–Kier alpha value is -2.82. The van der Waals surface area contributed by atoms with Crippen molar-refractivity contribution in [1.82, 2.24) is 5.32 Å². The van der Waals surface area contributed by atoms with Crippen LogP contribution < -0.4 is 10.6 Å². The van der Waals surface area contributed by atoms with Crippen LogP contribution in [0.3, 0.4) is 0 Å². The van der Waals surface area contributed by atoms with Crippen LogP contribution in [0.4, 0.5) is 5.69 Å². The van der Waals surface area contributed by atoms with Gasteiger partial charge in [0.25, 0.3) is 0 Å². The molecule has 0 aliphatic carbocycles. The highest BCUT2D eigenvalue weighted by Crippen LogP contribution is 2.12. The summed E-state index contributed by atoms with van der Waals surface area (Å²) in [5.74, 6) is -1.47. The number of carboxylic acid groups (broad SMARTS) is 1. The summed E-state index contributed by atoms with van der Waals surface area (Å²) in [4.78, 5) is 23.1. The second-order valence-corrected chi connectivity index (χ2v) is 4.47. The third kappa shape index (κ3) is 4.35. The minimum atomic E-state index is -1.09. The summed E-state index contributed by atoms with van der Waals surface area (Å²) in [6, 6.07) is 16.8. The Bertz CT molecular complexity index is 599. The van der Waals surface area contributed by atoms with E-state index in [1.165, 1.54) is 0 Å². The number of nitrogens with one attached hydrogen (secondary N) is 2. The molecule has 0 fully saturated rings. The van der Waals surface area contributed by atoms with Gasteiger partial charge in [0.15, 0.2) is 6.04 Å². The molecule has 21 heavy (non-hydrogen) atoms. The number of benzene rings is 2. The quantitative estimate of drug-likeness (QED) is 0.758. The molecule has 2 rings (SSSR count). The van der Waals surface area contributed by atoms with Gasteiger partial charge in [-0.05, 0) is 17.7 Å². The van der Waals surface area contributed by atoms with Gasteiger partial charge in [-0.25, -0.2) is 4.79 Å². The summed E-state index contributed by atoms with van der Waals surface area (Å²) in [5, 5.41) is 14.7. The fourth-order valence-electron chi connectivity index (χ4n) is 1.88. The minimum Gasteiger partial charge on any atom is -0.479 e. The number of hydrogen-bond acceptors (Lipinski definition) is 3. The summed E-state index contributed by atoms with van der Waals surface area (Å²) < 4.78 is 0. The van der Waals surface area contributed by atoms with Gasteiger partial charge in [0.1, 0.15) is 0 Å². The molecule has 1 atom stereocenters. The average Bonchev–Trinajstić information content (AvgIpc) is 2.52. The normalized spacial score (nSPS) is 11.4. The Morgan fingerprint density at radius 2 is 1.52 bits per heavy atom. The molecule has 0 saturated heterocycles. The number of para-hydroxylation sites is 1. The van der Waals surface area contributed by atoms with Crippen molar-refractivity contribution in [3.63, 3.8) is 0 Å². The second-order valence-electron chi connectivity index (χ2n) is 4.47. The van der Waals surface area contributed by atoms with E-state index in [0.717, 1.165) is 5.69 Å². The first-order valence-corrected chi connectivity index (χ1v) is 6.53. The summed E-state index contributed by atoms with van der Waals surface area (Å²) in [6.45, 7) is 0.0145. The third-order valence-corrected chi connectivity index (χ3v) is 2.91. The Morgan fingerprint density at radius 1 is 0.952 bits per heavy atom. The molecule has 0 unspecified atom stereocenters. The maximum Gasteiger partial charge on any atom is 0.330 e. The van der Waals surface area contributed by atoms with Crippen LogP contribution in [0.1, 0.15) is 11.6 Å².